The van der Waals surface area contributed by atoms with Gasteiger partial charge in [-0.05, 0) is 42.0 Å². The summed E-state index contributed by atoms with van der Waals surface area (Å²) in [5, 5.41) is 9.07. The van der Waals surface area contributed by atoms with Crippen molar-refractivity contribution in [2.24, 2.45) is 0 Å². The SMILES string of the molecule is CCn1c(-c2cc3ccccc3cc2C(=O)OC)n[nH]c1=S. The largest absolute Gasteiger partial charge is 0.465 e. The number of ether oxygens (including phenoxy) is 1. The van der Waals surface area contributed by atoms with Gasteiger partial charge in [0.15, 0.2) is 10.6 Å². The van der Waals surface area contributed by atoms with Gasteiger partial charge in [0.05, 0.1) is 12.7 Å². The zero-order valence-electron chi connectivity index (χ0n) is 12.3. The van der Waals surface area contributed by atoms with Crippen molar-refractivity contribution in [1.82, 2.24) is 14.8 Å². The van der Waals surface area contributed by atoms with Crippen LogP contribution in [0.15, 0.2) is 36.4 Å². The van der Waals surface area contributed by atoms with E-state index in [0.29, 0.717) is 28.3 Å². The van der Waals surface area contributed by atoms with Gasteiger partial charge in [-0.15, -0.1) is 0 Å². The number of esters is 1. The molecule has 2 aromatic carbocycles. The number of aromatic nitrogens is 3. The van der Waals surface area contributed by atoms with Gasteiger partial charge < -0.3 is 9.30 Å². The molecule has 5 nitrogen and oxygen atoms in total. The molecule has 22 heavy (non-hydrogen) atoms. The number of nitrogens with one attached hydrogen (secondary N) is 1. The molecule has 0 saturated heterocycles. The molecular formula is C16H15N3O2S. The van der Waals surface area contributed by atoms with Gasteiger partial charge >= 0.3 is 5.97 Å². The quantitative estimate of drug-likeness (QED) is 0.593. The highest BCUT2D eigenvalue weighted by Gasteiger charge is 2.18. The fraction of sp³-hybridized carbons (Fsp3) is 0.188. The summed E-state index contributed by atoms with van der Waals surface area (Å²) in [6.45, 7) is 2.64. The molecule has 1 heterocycles. The standard InChI is InChI=1S/C16H15N3O2S/c1-3-19-14(17-18-16(19)22)12-8-10-6-4-5-7-11(10)9-13(12)15(20)21-2/h4-9H,3H2,1-2H3,(H,18,22). The van der Waals surface area contributed by atoms with Crippen LogP contribution < -0.4 is 0 Å². The second kappa shape index (κ2) is 5.73. The second-order valence-corrected chi connectivity index (χ2v) is 5.22. The molecule has 0 atom stereocenters. The summed E-state index contributed by atoms with van der Waals surface area (Å²) in [6, 6.07) is 11.6. The molecule has 0 spiro atoms. The van der Waals surface area contributed by atoms with E-state index in [1.165, 1.54) is 7.11 Å². The fourth-order valence-corrected chi connectivity index (χ4v) is 2.78. The Hall–Kier alpha value is -2.47. The Balaban J connectivity index is 2.35. The molecule has 0 saturated carbocycles. The zero-order chi connectivity index (χ0) is 15.7. The van der Waals surface area contributed by atoms with Crippen LogP contribution in [0.1, 0.15) is 17.3 Å². The number of nitrogens with zero attached hydrogens (tertiary/aromatic N) is 2. The maximum atomic E-state index is 12.2. The van der Waals surface area contributed by atoms with Gasteiger partial charge in [-0.1, -0.05) is 24.3 Å². The highest BCUT2D eigenvalue weighted by Crippen LogP contribution is 2.28. The molecular weight excluding hydrogens is 298 g/mol. The second-order valence-electron chi connectivity index (χ2n) is 4.83. The highest BCUT2D eigenvalue weighted by atomic mass is 32.1. The number of carbonyl (C=O) groups excluding carboxylic acids is 1. The van der Waals surface area contributed by atoms with Crippen molar-refractivity contribution < 1.29 is 9.53 Å². The molecule has 0 fully saturated rings. The number of hydrogen-bond donors (Lipinski definition) is 1. The van der Waals surface area contributed by atoms with Crippen LogP contribution in [0.2, 0.25) is 0 Å². The van der Waals surface area contributed by atoms with Crippen LogP contribution in [0.25, 0.3) is 22.2 Å². The molecule has 1 aromatic heterocycles. The summed E-state index contributed by atoms with van der Waals surface area (Å²) >= 11 is 5.23. The average molecular weight is 313 g/mol. The lowest BCUT2D eigenvalue weighted by molar-refractivity contribution is 0.0601. The Labute approximate surface area is 132 Å². The van der Waals surface area contributed by atoms with Gasteiger partial charge in [-0.25, -0.2) is 4.79 Å². The van der Waals surface area contributed by atoms with Crippen LogP contribution in [0.3, 0.4) is 0 Å². The van der Waals surface area contributed by atoms with Crippen molar-refractivity contribution in [2.45, 2.75) is 13.5 Å². The maximum Gasteiger partial charge on any atom is 0.338 e. The van der Waals surface area contributed by atoms with Gasteiger partial charge in [0, 0.05) is 12.1 Å². The normalized spacial score (nSPS) is 10.8. The number of methoxy groups -OCH3 is 1. The van der Waals surface area contributed by atoms with Crippen LogP contribution in [0, 0.1) is 4.77 Å². The van der Waals surface area contributed by atoms with Gasteiger partial charge in [0.25, 0.3) is 0 Å². The molecule has 112 valence electrons. The van der Waals surface area contributed by atoms with E-state index in [1.54, 1.807) is 0 Å². The number of fused-ring (bicyclic) bond motifs is 1. The number of H-pyrrole nitrogens is 1. The predicted octanol–water partition coefficient (Wildman–Crippen LogP) is 3.57. The summed E-state index contributed by atoms with van der Waals surface area (Å²) in [4.78, 5) is 12.2. The minimum Gasteiger partial charge on any atom is -0.465 e. The summed E-state index contributed by atoms with van der Waals surface area (Å²) < 4.78 is 7.30. The predicted molar refractivity (Wildman–Crippen MR) is 87.4 cm³/mol. The van der Waals surface area contributed by atoms with Crippen molar-refractivity contribution in [1.29, 1.82) is 0 Å². The van der Waals surface area contributed by atoms with Crippen LogP contribution >= 0.6 is 12.2 Å². The molecule has 0 aliphatic heterocycles. The minimum absolute atomic E-state index is 0.391. The maximum absolute atomic E-state index is 12.2. The van der Waals surface area contributed by atoms with E-state index in [0.717, 1.165) is 10.8 Å². The average Bonchev–Trinajstić information content (AvgIpc) is 2.93. The Morgan fingerprint density at radius 1 is 1.32 bits per heavy atom. The zero-order valence-corrected chi connectivity index (χ0v) is 13.1. The third-order valence-electron chi connectivity index (χ3n) is 3.61. The van der Waals surface area contributed by atoms with Gasteiger partial charge in [-0.3, -0.25) is 5.10 Å². The smallest absolute Gasteiger partial charge is 0.338 e. The van der Waals surface area contributed by atoms with Crippen molar-refractivity contribution in [3.63, 3.8) is 0 Å². The minimum atomic E-state index is -0.391. The number of carbonyl (C=O) groups is 1. The molecule has 3 rings (SSSR count). The fourth-order valence-electron chi connectivity index (χ4n) is 2.52. The van der Waals surface area contributed by atoms with Crippen molar-refractivity contribution >= 4 is 29.0 Å². The van der Waals surface area contributed by atoms with E-state index in [1.807, 2.05) is 47.9 Å². The third kappa shape index (κ3) is 2.31. The lowest BCUT2D eigenvalue weighted by Gasteiger charge is -2.10. The summed E-state index contributed by atoms with van der Waals surface area (Å²) in [6.07, 6.45) is 0. The first kappa shape index (κ1) is 14.5. The molecule has 0 bridgehead atoms. The molecule has 1 N–H and O–H groups in total. The number of aromatic amines is 1. The van der Waals surface area contributed by atoms with E-state index in [9.17, 15) is 4.79 Å². The highest BCUT2D eigenvalue weighted by molar-refractivity contribution is 7.71. The molecule has 0 aliphatic carbocycles. The molecule has 3 aromatic rings. The van der Waals surface area contributed by atoms with Crippen LogP contribution in [0.5, 0.6) is 0 Å². The molecule has 0 radical (unpaired) electrons. The number of benzene rings is 2. The number of rotatable bonds is 3. The molecule has 0 amide bonds. The van der Waals surface area contributed by atoms with E-state index in [4.69, 9.17) is 17.0 Å². The lowest BCUT2D eigenvalue weighted by Crippen LogP contribution is -2.07. The Morgan fingerprint density at radius 3 is 2.64 bits per heavy atom. The molecule has 0 unspecified atom stereocenters. The molecule has 6 heteroatoms. The Bertz CT molecular complexity index is 911. The summed E-state index contributed by atoms with van der Waals surface area (Å²) in [5.41, 5.74) is 1.18. The van der Waals surface area contributed by atoms with Crippen LogP contribution in [-0.2, 0) is 11.3 Å². The van der Waals surface area contributed by atoms with Gasteiger partial charge in [-0.2, -0.15) is 5.10 Å². The topological polar surface area (TPSA) is 59.9 Å². The first-order valence-corrected chi connectivity index (χ1v) is 7.33. The van der Waals surface area contributed by atoms with Crippen LogP contribution in [0.4, 0.5) is 0 Å². The third-order valence-corrected chi connectivity index (χ3v) is 3.92. The van der Waals surface area contributed by atoms with Gasteiger partial charge in [0.2, 0.25) is 0 Å². The van der Waals surface area contributed by atoms with Gasteiger partial charge in [0.1, 0.15) is 0 Å². The van der Waals surface area contributed by atoms with Crippen molar-refractivity contribution in [2.75, 3.05) is 7.11 Å². The lowest BCUT2D eigenvalue weighted by atomic mass is 10.0. The number of hydrogen-bond acceptors (Lipinski definition) is 4. The molecule has 0 aliphatic rings. The first-order chi connectivity index (χ1) is 10.7. The van der Waals surface area contributed by atoms with E-state index >= 15 is 0 Å². The summed E-state index contributed by atoms with van der Waals surface area (Å²) in [5.74, 6) is 0.246. The van der Waals surface area contributed by atoms with E-state index in [2.05, 4.69) is 10.2 Å². The van der Waals surface area contributed by atoms with Crippen molar-refractivity contribution in [3.05, 3.63) is 46.7 Å². The Kier molecular flexibility index (Phi) is 3.77. The summed E-state index contributed by atoms with van der Waals surface area (Å²) in [7, 11) is 1.37. The van der Waals surface area contributed by atoms with E-state index < -0.39 is 5.97 Å². The van der Waals surface area contributed by atoms with Crippen molar-refractivity contribution in [3.8, 4) is 11.4 Å². The van der Waals surface area contributed by atoms with E-state index in [-0.39, 0.29) is 0 Å². The monoisotopic (exact) mass is 313 g/mol. The van der Waals surface area contributed by atoms with Crippen LogP contribution in [-0.4, -0.2) is 27.8 Å². The first-order valence-electron chi connectivity index (χ1n) is 6.92. The Morgan fingerprint density at radius 2 is 2.00 bits per heavy atom.